The molecule has 0 amide bonds. The highest BCUT2D eigenvalue weighted by Crippen LogP contribution is 2.33. The van der Waals surface area contributed by atoms with E-state index < -0.39 is 0 Å². The molecule has 4 heteroatoms. The fourth-order valence-corrected chi connectivity index (χ4v) is 4.03. The van der Waals surface area contributed by atoms with Gasteiger partial charge in [-0.15, -0.1) is 0 Å². The average molecular weight is 409 g/mol. The minimum atomic E-state index is 0.0430. The normalized spacial score (nSPS) is 12.9. The van der Waals surface area contributed by atoms with Crippen molar-refractivity contribution in [1.29, 1.82) is 0 Å². The highest BCUT2D eigenvalue weighted by molar-refractivity contribution is 6.03. The molecule has 0 spiro atoms. The fraction of sp³-hybridized carbons (Fsp3) is 0.185. The Labute approximate surface area is 180 Å². The topological polar surface area (TPSA) is 51.0 Å². The molecule has 3 aromatic carbocycles. The van der Waals surface area contributed by atoms with Gasteiger partial charge in [-0.1, -0.05) is 45.0 Å². The smallest absolute Gasteiger partial charge is 0.221 e. The van der Waals surface area contributed by atoms with Gasteiger partial charge in [0.2, 0.25) is 5.88 Å². The molecule has 0 aliphatic heterocycles. The van der Waals surface area contributed by atoms with Gasteiger partial charge in [-0.3, -0.25) is 0 Å². The third kappa shape index (κ3) is 3.66. The zero-order chi connectivity index (χ0) is 21.6. The number of fused-ring (bicyclic) bond motifs is 4. The summed E-state index contributed by atoms with van der Waals surface area (Å²) in [5.41, 5.74) is 3.98. The summed E-state index contributed by atoms with van der Waals surface area (Å²) in [6.07, 6.45) is 3.36. The van der Waals surface area contributed by atoms with Crippen molar-refractivity contribution in [2.75, 3.05) is 0 Å². The molecular formula is C27H24N2O2. The van der Waals surface area contributed by atoms with Crippen LogP contribution in [0.1, 0.15) is 37.7 Å². The lowest BCUT2D eigenvalue weighted by atomic mass is 9.83. The minimum Gasteiger partial charge on any atom is -0.461 e. The van der Waals surface area contributed by atoms with Crippen LogP contribution in [-0.4, -0.2) is 12.6 Å². The molecule has 4 nitrogen and oxygen atoms in total. The van der Waals surface area contributed by atoms with Gasteiger partial charge in [0.25, 0.3) is 0 Å². The van der Waals surface area contributed by atoms with Crippen LogP contribution in [0.2, 0.25) is 0 Å². The summed E-state index contributed by atoms with van der Waals surface area (Å²) in [5.74, 6) is 1.38. The van der Waals surface area contributed by atoms with Gasteiger partial charge in [0.1, 0.15) is 23.3 Å². The van der Waals surface area contributed by atoms with Gasteiger partial charge in [0.05, 0.1) is 5.39 Å². The lowest BCUT2D eigenvalue weighted by Crippen LogP contribution is -2.12. The molecule has 0 aliphatic carbocycles. The van der Waals surface area contributed by atoms with Crippen LogP contribution in [0.4, 0.5) is 5.88 Å². The molecule has 0 N–H and O–H groups in total. The fourth-order valence-electron chi connectivity index (χ4n) is 4.03. The number of hydrogen-bond acceptors (Lipinski definition) is 3. The van der Waals surface area contributed by atoms with Crippen LogP contribution in [0.5, 0.6) is 0 Å². The Morgan fingerprint density at radius 1 is 0.839 bits per heavy atom. The Morgan fingerprint density at radius 2 is 1.68 bits per heavy atom. The van der Waals surface area contributed by atoms with Crippen LogP contribution >= 0.6 is 0 Å². The lowest BCUT2D eigenvalue weighted by Gasteiger charge is -2.22. The summed E-state index contributed by atoms with van der Waals surface area (Å²) in [6.45, 7) is 8.64. The van der Waals surface area contributed by atoms with E-state index >= 15 is 0 Å². The van der Waals surface area contributed by atoms with Gasteiger partial charge < -0.3 is 8.83 Å². The summed E-state index contributed by atoms with van der Waals surface area (Å²) in [6, 6.07) is 20.7. The number of furan rings is 2. The van der Waals surface area contributed by atoms with Crippen LogP contribution in [0.3, 0.4) is 0 Å². The van der Waals surface area contributed by atoms with E-state index in [1.54, 1.807) is 0 Å². The Balaban J connectivity index is 1.45. The van der Waals surface area contributed by atoms with Gasteiger partial charge in [-0.05, 0) is 64.6 Å². The van der Waals surface area contributed by atoms with E-state index in [1.165, 1.54) is 22.7 Å². The molecule has 0 bridgehead atoms. The second-order valence-corrected chi connectivity index (χ2v) is 8.90. The van der Waals surface area contributed by atoms with E-state index in [-0.39, 0.29) is 5.41 Å². The van der Waals surface area contributed by atoms with Gasteiger partial charge >= 0.3 is 0 Å². The summed E-state index contributed by atoms with van der Waals surface area (Å²) in [4.78, 5) is 8.78. The van der Waals surface area contributed by atoms with Crippen molar-refractivity contribution in [3.63, 3.8) is 0 Å². The predicted molar refractivity (Wildman–Crippen MR) is 129 cm³/mol. The maximum Gasteiger partial charge on any atom is 0.221 e. The molecular weight excluding hydrogens is 384 g/mol. The molecule has 31 heavy (non-hydrogen) atoms. The van der Waals surface area contributed by atoms with E-state index in [1.807, 2.05) is 37.4 Å². The molecule has 154 valence electrons. The van der Waals surface area contributed by atoms with Crippen molar-refractivity contribution in [1.82, 2.24) is 0 Å². The maximum absolute atomic E-state index is 5.83. The van der Waals surface area contributed by atoms with E-state index in [2.05, 4.69) is 67.2 Å². The summed E-state index contributed by atoms with van der Waals surface area (Å²) >= 11 is 0. The number of aliphatic imine (C=N–C) groups is 2. The van der Waals surface area contributed by atoms with Gasteiger partial charge in [0.15, 0.2) is 0 Å². The number of aryl methyl sites for hydroxylation is 1. The van der Waals surface area contributed by atoms with Crippen LogP contribution in [-0.2, 0) is 5.41 Å². The zero-order valence-corrected chi connectivity index (χ0v) is 18.1. The highest BCUT2D eigenvalue weighted by atomic mass is 16.4. The molecule has 0 aliphatic rings. The Bertz CT molecular complexity index is 1480. The number of benzene rings is 3. The van der Waals surface area contributed by atoms with E-state index in [0.29, 0.717) is 5.88 Å². The number of rotatable bonds is 3. The second-order valence-electron chi connectivity index (χ2n) is 8.90. The Morgan fingerprint density at radius 3 is 2.52 bits per heavy atom. The summed E-state index contributed by atoms with van der Waals surface area (Å²) in [7, 11) is 0. The van der Waals surface area contributed by atoms with Crippen LogP contribution in [0, 0.1) is 6.92 Å². The molecule has 2 aromatic heterocycles. The summed E-state index contributed by atoms with van der Waals surface area (Å²) in [5, 5.41) is 4.47. The van der Waals surface area contributed by atoms with Crippen LogP contribution in [0.25, 0.3) is 32.7 Å². The molecule has 0 saturated heterocycles. The van der Waals surface area contributed by atoms with E-state index in [9.17, 15) is 0 Å². The van der Waals surface area contributed by atoms with Gasteiger partial charge in [-0.2, -0.15) is 0 Å². The monoisotopic (exact) mass is 408 g/mol. The third-order valence-electron chi connectivity index (χ3n) is 5.46. The average Bonchev–Trinajstić information content (AvgIpc) is 3.32. The van der Waals surface area contributed by atoms with Crippen molar-refractivity contribution in [2.45, 2.75) is 33.1 Å². The van der Waals surface area contributed by atoms with Gasteiger partial charge in [0, 0.05) is 17.7 Å². The quantitative estimate of drug-likeness (QED) is 0.227. The molecule has 0 saturated carbocycles. The first-order valence-corrected chi connectivity index (χ1v) is 10.4. The largest absolute Gasteiger partial charge is 0.461 e. The van der Waals surface area contributed by atoms with Crippen molar-refractivity contribution >= 4 is 51.1 Å². The Hall–Kier alpha value is -3.66. The summed E-state index contributed by atoms with van der Waals surface area (Å²) < 4.78 is 11.6. The standard InChI is InChI=1S/C27H24N2O2/c1-17-11-20-9-10-24-22(26(20)30-17)14-25(31-24)29-16-28-15-18-12-19-7-5-6-8-21(19)23(13-18)27(2,3)4/h5-16H,1-4H3/b28-15?,29-16-. The first-order valence-electron chi connectivity index (χ1n) is 10.4. The zero-order valence-electron chi connectivity index (χ0n) is 18.1. The van der Waals surface area contributed by atoms with E-state index in [4.69, 9.17) is 8.83 Å². The molecule has 0 fully saturated rings. The van der Waals surface area contributed by atoms with Crippen molar-refractivity contribution in [3.8, 4) is 0 Å². The SMILES string of the molecule is Cc1cc2ccc3oc(/N=C\N=Cc4cc(C(C)(C)C)c5ccccc5c4)cc3c2o1. The van der Waals surface area contributed by atoms with Crippen LogP contribution in [0.15, 0.2) is 79.5 Å². The molecule has 5 rings (SSSR count). The van der Waals surface area contributed by atoms with Crippen molar-refractivity contribution < 1.29 is 8.83 Å². The van der Waals surface area contributed by atoms with E-state index in [0.717, 1.165) is 33.3 Å². The van der Waals surface area contributed by atoms with Crippen molar-refractivity contribution in [2.24, 2.45) is 9.98 Å². The lowest BCUT2D eigenvalue weighted by molar-refractivity contribution is 0.581. The Kier molecular flexibility index (Phi) is 4.51. The first-order chi connectivity index (χ1) is 14.9. The first kappa shape index (κ1) is 19.3. The minimum absolute atomic E-state index is 0.0430. The maximum atomic E-state index is 5.83. The van der Waals surface area contributed by atoms with Gasteiger partial charge in [-0.25, -0.2) is 9.98 Å². The highest BCUT2D eigenvalue weighted by Gasteiger charge is 2.17. The predicted octanol–water partition coefficient (Wildman–Crippen LogP) is 7.72. The van der Waals surface area contributed by atoms with Crippen molar-refractivity contribution in [3.05, 3.63) is 77.6 Å². The molecule has 5 aromatic rings. The van der Waals surface area contributed by atoms with Crippen LogP contribution < -0.4 is 0 Å². The molecule has 0 atom stereocenters. The molecule has 2 heterocycles. The number of nitrogens with zero attached hydrogens (tertiary/aromatic N) is 2. The molecule has 0 radical (unpaired) electrons. The number of hydrogen-bond donors (Lipinski definition) is 0. The third-order valence-corrected chi connectivity index (χ3v) is 5.46. The second kappa shape index (κ2) is 7.24. The molecule has 0 unspecified atom stereocenters.